The predicted octanol–water partition coefficient (Wildman–Crippen LogP) is 3.82. The first-order valence-corrected chi connectivity index (χ1v) is 8.46. The molecule has 0 radical (unpaired) electrons. The summed E-state index contributed by atoms with van der Waals surface area (Å²) in [5.74, 6) is 0.694. The van der Waals surface area contributed by atoms with E-state index in [1.165, 1.54) is 0 Å². The van der Waals surface area contributed by atoms with Gasteiger partial charge in [0.1, 0.15) is 11.4 Å². The summed E-state index contributed by atoms with van der Waals surface area (Å²) in [6.45, 7) is 5.50. The maximum absolute atomic E-state index is 12.3. The smallest absolute Gasteiger partial charge is 0.251 e. The molecule has 1 heterocycles. The average molecular weight is 337 g/mol. The predicted molar refractivity (Wildman–Crippen MR) is 98.6 cm³/mol. The number of benzene rings is 2. The molecule has 0 spiro atoms. The van der Waals surface area contributed by atoms with Crippen LogP contribution in [0, 0.1) is 0 Å². The van der Waals surface area contributed by atoms with Crippen LogP contribution >= 0.6 is 0 Å². The van der Waals surface area contributed by atoms with Crippen LogP contribution in [0.25, 0.3) is 6.08 Å². The Kier molecular flexibility index (Phi) is 5.19. The summed E-state index contributed by atoms with van der Waals surface area (Å²) in [5, 5.41) is 2.88. The van der Waals surface area contributed by atoms with Crippen molar-refractivity contribution in [1.82, 2.24) is 5.32 Å². The minimum Gasteiger partial charge on any atom is -0.483 e. The van der Waals surface area contributed by atoms with E-state index in [0.29, 0.717) is 25.3 Å². The second-order valence-corrected chi connectivity index (χ2v) is 6.59. The van der Waals surface area contributed by atoms with Gasteiger partial charge in [0.15, 0.2) is 0 Å². The van der Waals surface area contributed by atoms with Crippen LogP contribution in [0.3, 0.4) is 0 Å². The summed E-state index contributed by atoms with van der Waals surface area (Å²) in [6, 6.07) is 15.5. The molecule has 1 N–H and O–H groups in total. The molecule has 4 nitrogen and oxygen atoms in total. The largest absolute Gasteiger partial charge is 0.483 e. The van der Waals surface area contributed by atoms with Crippen LogP contribution in [0.1, 0.15) is 35.3 Å². The van der Waals surface area contributed by atoms with Crippen LogP contribution in [0.15, 0.2) is 54.6 Å². The molecule has 0 bridgehead atoms. The quantitative estimate of drug-likeness (QED) is 0.815. The average Bonchev–Trinajstić information content (AvgIpc) is 2.61. The van der Waals surface area contributed by atoms with Gasteiger partial charge < -0.3 is 14.8 Å². The highest BCUT2D eigenvalue weighted by Crippen LogP contribution is 2.31. The molecule has 0 unspecified atom stereocenters. The highest BCUT2D eigenvalue weighted by molar-refractivity contribution is 5.95. The SMILES string of the molecule is CC1(C)C=Cc2cc(C(=O)NCCOCc3ccccc3)ccc2O1. The van der Waals surface area contributed by atoms with Crippen LogP contribution < -0.4 is 10.1 Å². The van der Waals surface area contributed by atoms with Gasteiger partial charge in [-0.1, -0.05) is 36.4 Å². The van der Waals surface area contributed by atoms with E-state index in [0.717, 1.165) is 16.9 Å². The fourth-order valence-corrected chi connectivity index (χ4v) is 2.62. The van der Waals surface area contributed by atoms with E-state index in [9.17, 15) is 4.79 Å². The minimum atomic E-state index is -0.313. The second-order valence-electron chi connectivity index (χ2n) is 6.59. The third-order valence-corrected chi connectivity index (χ3v) is 3.95. The van der Waals surface area contributed by atoms with Crippen LogP contribution in [0.4, 0.5) is 0 Å². The fourth-order valence-electron chi connectivity index (χ4n) is 2.62. The molecule has 0 aliphatic carbocycles. The lowest BCUT2D eigenvalue weighted by Crippen LogP contribution is -2.29. The molecule has 0 saturated heterocycles. The highest BCUT2D eigenvalue weighted by atomic mass is 16.5. The van der Waals surface area contributed by atoms with E-state index >= 15 is 0 Å². The summed E-state index contributed by atoms with van der Waals surface area (Å²) in [5.41, 5.74) is 2.35. The number of hydrogen-bond donors (Lipinski definition) is 1. The summed E-state index contributed by atoms with van der Waals surface area (Å²) in [7, 11) is 0. The third-order valence-electron chi connectivity index (χ3n) is 3.95. The first-order valence-electron chi connectivity index (χ1n) is 8.46. The van der Waals surface area contributed by atoms with Crippen LogP contribution in [-0.2, 0) is 11.3 Å². The zero-order chi connectivity index (χ0) is 17.7. The Morgan fingerprint density at radius 2 is 1.96 bits per heavy atom. The molecular weight excluding hydrogens is 314 g/mol. The monoisotopic (exact) mass is 337 g/mol. The maximum Gasteiger partial charge on any atom is 0.251 e. The Morgan fingerprint density at radius 3 is 2.76 bits per heavy atom. The zero-order valence-electron chi connectivity index (χ0n) is 14.6. The van der Waals surface area contributed by atoms with Crippen molar-refractivity contribution >= 4 is 12.0 Å². The van der Waals surface area contributed by atoms with E-state index in [2.05, 4.69) is 5.32 Å². The topological polar surface area (TPSA) is 47.6 Å². The van der Waals surface area contributed by atoms with Gasteiger partial charge in [-0.2, -0.15) is 0 Å². The zero-order valence-corrected chi connectivity index (χ0v) is 14.6. The third kappa shape index (κ3) is 4.70. The van der Waals surface area contributed by atoms with Gasteiger partial charge in [0.05, 0.1) is 13.2 Å². The van der Waals surface area contributed by atoms with Crippen molar-refractivity contribution in [2.45, 2.75) is 26.1 Å². The standard InChI is InChI=1S/C21H23NO3/c1-21(2)11-10-17-14-18(8-9-19(17)25-21)20(23)22-12-13-24-15-16-6-4-3-5-7-16/h3-11,14H,12-13,15H2,1-2H3,(H,22,23). The molecule has 1 aliphatic heterocycles. The Balaban J connectivity index is 1.47. The van der Waals surface area contributed by atoms with Crippen LogP contribution in [0.2, 0.25) is 0 Å². The summed E-state index contributed by atoms with van der Waals surface area (Å²) in [6.07, 6.45) is 3.99. The Hall–Kier alpha value is -2.59. The Labute approximate surface area is 148 Å². The number of rotatable bonds is 6. The molecular formula is C21H23NO3. The van der Waals surface area contributed by atoms with Gasteiger partial charge in [-0.15, -0.1) is 0 Å². The Morgan fingerprint density at radius 1 is 1.16 bits per heavy atom. The van der Waals surface area contributed by atoms with Gasteiger partial charge in [-0.25, -0.2) is 0 Å². The lowest BCUT2D eigenvalue weighted by molar-refractivity contribution is 0.0900. The van der Waals surface area contributed by atoms with Crippen LogP contribution in [-0.4, -0.2) is 24.7 Å². The molecule has 1 amide bonds. The number of hydrogen-bond acceptors (Lipinski definition) is 3. The molecule has 2 aromatic rings. The maximum atomic E-state index is 12.3. The Bertz CT molecular complexity index is 766. The molecule has 4 heteroatoms. The van der Waals surface area contributed by atoms with Crippen molar-refractivity contribution in [1.29, 1.82) is 0 Å². The molecule has 0 atom stereocenters. The number of fused-ring (bicyclic) bond motifs is 1. The van der Waals surface area contributed by atoms with Gasteiger partial charge in [-0.05, 0) is 43.7 Å². The lowest BCUT2D eigenvalue weighted by Gasteiger charge is -2.27. The number of ether oxygens (including phenoxy) is 2. The van der Waals surface area contributed by atoms with E-state index in [-0.39, 0.29) is 11.5 Å². The van der Waals surface area contributed by atoms with Crippen molar-refractivity contribution in [2.75, 3.05) is 13.2 Å². The molecule has 3 rings (SSSR count). The summed E-state index contributed by atoms with van der Waals surface area (Å²) < 4.78 is 11.4. The van der Waals surface area contributed by atoms with Gasteiger partial charge in [0.2, 0.25) is 0 Å². The molecule has 130 valence electrons. The van der Waals surface area contributed by atoms with Crippen molar-refractivity contribution in [2.24, 2.45) is 0 Å². The van der Waals surface area contributed by atoms with E-state index in [4.69, 9.17) is 9.47 Å². The molecule has 0 fully saturated rings. The molecule has 1 aliphatic rings. The molecule has 0 aromatic heterocycles. The van der Waals surface area contributed by atoms with Gasteiger partial charge in [-0.3, -0.25) is 4.79 Å². The minimum absolute atomic E-state index is 0.107. The first-order chi connectivity index (χ1) is 12.0. The van der Waals surface area contributed by atoms with Gasteiger partial charge >= 0.3 is 0 Å². The van der Waals surface area contributed by atoms with E-state index in [1.54, 1.807) is 6.07 Å². The second kappa shape index (κ2) is 7.53. The lowest BCUT2D eigenvalue weighted by atomic mass is 10.0. The number of carbonyl (C=O) groups excluding carboxylic acids is 1. The molecule has 25 heavy (non-hydrogen) atoms. The van der Waals surface area contributed by atoms with Crippen molar-refractivity contribution in [3.63, 3.8) is 0 Å². The van der Waals surface area contributed by atoms with Crippen molar-refractivity contribution in [3.8, 4) is 5.75 Å². The normalized spacial score (nSPS) is 14.5. The highest BCUT2D eigenvalue weighted by Gasteiger charge is 2.22. The first kappa shape index (κ1) is 17.2. The molecule has 2 aromatic carbocycles. The fraction of sp³-hybridized carbons (Fsp3) is 0.286. The van der Waals surface area contributed by atoms with Crippen molar-refractivity contribution in [3.05, 3.63) is 71.3 Å². The summed E-state index contributed by atoms with van der Waals surface area (Å²) >= 11 is 0. The van der Waals surface area contributed by atoms with Gasteiger partial charge in [0.25, 0.3) is 5.91 Å². The van der Waals surface area contributed by atoms with Crippen molar-refractivity contribution < 1.29 is 14.3 Å². The van der Waals surface area contributed by atoms with Gasteiger partial charge in [0, 0.05) is 17.7 Å². The molecule has 0 saturated carbocycles. The number of nitrogens with one attached hydrogen (secondary N) is 1. The number of carbonyl (C=O) groups is 1. The summed E-state index contributed by atoms with van der Waals surface area (Å²) in [4.78, 5) is 12.3. The van der Waals surface area contributed by atoms with E-state index in [1.807, 2.05) is 68.5 Å². The van der Waals surface area contributed by atoms with Crippen LogP contribution in [0.5, 0.6) is 5.75 Å². The van der Waals surface area contributed by atoms with E-state index < -0.39 is 0 Å². The number of amides is 1.